The zero-order valence-electron chi connectivity index (χ0n) is 16.8. The summed E-state index contributed by atoms with van der Waals surface area (Å²) in [6.45, 7) is 1.11. The van der Waals surface area contributed by atoms with Crippen LogP contribution in [0.5, 0.6) is 5.75 Å². The zero-order valence-corrected chi connectivity index (χ0v) is 17.6. The molecule has 0 heterocycles. The Hall–Kier alpha value is -3.46. The number of methoxy groups -OCH3 is 1. The highest BCUT2D eigenvalue weighted by Crippen LogP contribution is 2.33. The number of anilines is 2. The average Bonchev–Trinajstić information content (AvgIpc) is 2.74. The Morgan fingerprint density at radius 3 is 2.39 bits per heavy atom. The summed E-state index contributed by atoms with van der Waals surface area (Å²) in [5.74, 6) is -2.34. The Morgan fingerprint density at radius 2 is 1.74 bits per heavy atom. The first-order chi connectivity index (χ1) is 14.7. The molecule has 0 unspecified atom stereocenters. The normalized spacial score (nSPS) is 11.1. The number of nitrogens with zero attached hydrogens (tertiary/aromatic N) is 1. The van der Waals surface area contributed by atoms with Crippen LogP contribution in [0.3, 0.4) is 0 Å². The number of hydrogen-bond donors (Lipinski definition) is 1. The van der Waals surface area contributed by atoms with Crippen LogP contribution in [0.25, 0.3) is 0 Å². The molecule has 0 aliphatic carbocycles. The molecule has 162 valence electrons. The predicted octanol–water partition coefficient (Wildman–Crippen LogP) is 4.12. The van der Waals surface area contributed by atoms with E-state index in [1.165, 1.54) is 19.2 Å². The number of sulfonamides is 1. The molecule has 0 aliphatic rings. The summed E-state index contributed by atoms with van der Waals surface area (Å²) in [4.78, 5) is 12.6. The summed E-state index contributed by atoms with van der Waals surface area (Å²) in [7, 11) is -2.78. The molecule has 1 amide bonds. The monoisotopic (exact) mass is 446 g/mol. The van der Waals surface area contributed by atoms with Crippen LogP contribution in [-0.2, 0) is 14.8 Å². The van der Waals surface area contributed by atoms with Gasteiger partial charge < -0.3 is 10.1 Å². The summed E-state index contributed by atoms with van der Waals surface area (Å²) >= 11 is 0. The van der Waals surface area contributed by atoms with E-state index in [1.54, 1.807) is 43.3 Å². The Labute approximate surface area is 179 Å². The third-order valence-corrected chi connectivity index (χ3v) is 6.20. The number of carbonyl (C=O) groups excluding carboxylic acids is 1. The van der Waals surface area contributed by atoms with Gasteiger partial charge in [-0.3, -0.25) is 9.10 Å². The highest BCUT2D eigenvalue weighted by atomic mass is 32.2. The number of carbonyl (C=O) groups is 1. The molecule has 3 aromatic rings. The molecule has 0 fully saturated rings. The second-order valence-corrected chi connectivity index (χ2v) is 8.53. The Morgan fingerprint density at radius 1 is 1.03 bits per heavy atom. The van der Waals surface area contributed by atoms with Crippen molar-refractivity contribution in [1.82, 2.24) is 0 Å². The van der Waals surface area contributed by atoms with E-state index in [2.05, 4.69) is 5.32 Å². The minimum atomic E-state index is -4.17. The summed E-state index contributed by atoms with van der Waals surface area (Å²) in [6.07, 6.45) is 0. The molecule has 0 spiro atoms. The van der Waals surface area contributed by atoms with Crippen LogP contribution < -0.4 is 14.4 Å². The molecule has 0 saturated heterocycles. The van der Waals surface area contributed by atoms with Gasteiger partial charge in [0.25, 0.3) is 10.0 Å². The number of rotatable bonds is 7. The quantitative estimate of drug-likeness (QED) is 0.593. The Kier molecular flexibility index (Phi) is 6.55. The van der Waals surface area contributed by atoms with Crippen LogP contribution in [0.15, 0.2) is 71.6 Å². The fourth-order valence-electron chi connectivity index (χ4n) is 2.93. The summed E-state index contributed by atoms with van der Waals surface area (Å²) in [5.41, 5.74) is 0.634. The number of hydrogen-bond acceptors (Lipinski definition) is 4. The van der Waals surface area contributed by atoms with Gasteiger partial charge in [0, 0.05) is 6.07 Å². The third kappa shape index (κ3) is 5.00. The van der Waals surface area contributed by atoms with Crippen LogP contribution in [-0.4, -0.2) is 28.0 Å². The van der Waals surface area contributed by atoms with Gasteiger partial charge in [0.15, 0.2) is 0 Å². The predicted molar refractivity (Wildman–Crippen MR) is 114 cm³/mol. The van der Waals surface area contributed by atoms with Gasteiger partial charge in [-0.2, -0.15) is 0 Å². The van der Waals surface area contributed by atoms with Gasteiger partial charge in [0.05, 0.1) is 23.4 Å². The Balaban J connectivity index is 2.02. The zero-order chi connectivity index (χ0) is 22.6. The topological polar surface area (TPSA) is 75.7 Å². The first kappa shape index (κ1) is 22.2. The van der Waals surface area contributed by atoms with Crippen LogP contribution in [0.4, 0.5) is 20.2 Å². The SMILES string of the molecule is COc1ccc(C)cc1N(CC(=O)Nc1ccc(F)cc1F)S(=O)(=O)c1ccccc1. The molecule has 1 N–H and O–H groups in total. The molecular weight excluding hydrogens is 426 g/mol. The number of ether oxygens (including phenoxy) is 1. The second-order valence-electron chi connectivity index (χ2n) is 6.67. The van der Waals surface area contributed by atoms with E-state index in [0.29, 0.717) is 6.07 Å². The van der Waals surface area contributed by atoms with E-state index < -0.39 is 34.1 Å². The Bertz CT molecular complexity index is 1200. The van der Waals surface area contributed by atoms with Gasteiger partial charge in [0.1, 0.15) is 23.9 Å². The molecule has 0 aromatic heterocycles. The fourth-order valence-corrected chi connectivity index (χ4v) is 4.37. The molecule has 0 saturated carbocycles. The number of benzene rings is 3. The van der Waals surface area contributed by atoms with Crippen molar-refractivity contribution in [2.24, 2.45) is 0 Å². The molecule has 6 nitrogen and oxygen atoms in total. The van der Waals surface area contributed by atoms with Crippen molar-refractivity contribution in [3.8, 4) is 5.75 Å². The average molecular weight is 446 g/mol. The van der Waals surface area contributed by atoms with Crippen molar-refractivity contribution in [1.29, 1.82) is 0 Å². The van der Waals surface area contributed by atoms with Crippen LogP contribution in [0, 0.1) is 18.6 Å². The number of halogens is 2. The van der Waals surface area contributed by atoms with Gasteiger partial charge >= 0.3 is 0 Å². The van der Waals surface area contributed by atoms with Crippen molar-refractivity contribution in [2.45, 2.75) is 11.8 Å². The van der Waals surface area contributed by atoms with E-state index in [1.807, 2.05) is 0 Å². The van der Waals surface area contributed by atoms with E-state index in [-0.39, 0.29) is 22.0 Å². The minimum absolute atomic E-state index is 0.0284. The van der Waals surface area contributed by atoms with Crippen LogP contribution in [0.1, 0.15) is 5.56 Å². The maximum atomic E-state index is 13.9. The van der Waals surface area contributed by atoms with E-state index in [9.17, 15) is 22.0 Å². The van der Waals surface area contributed by atoms with Crippen molar-refractivity contribution in [3.05, 3.63) is 83.9 Å². The van der Waals surface area contributed by atoms with E-state index in [4.69, 9.17) is 4.74 Å². The van der Waals surface area contributed by atoms with Crippen molar-refractivity contribution < 1.29 is 26.7 Å². The van der Waals surface area contributed by atoms with Gasteiger partial charge in [0.2, 0.25) is 5.91 Å². The maximum absolute atomic E-state index is 13.9. The highest BCUT2D eigenvalue weighted by molar-refractivity contribution is 7.92. The third-order valence-electron chi connectivity index (χ3n) is 4.43. The molecule has 3 aromatic carbocycles. The standard InChI is InChI=1S/C22H20F2N2O4S/c1-15-8-11-21(30-2)20(12-15)26(31(28,29)17-6-4-3-5-7-17)14-22(27)25-19-10-9-16(23)13-18(19)24/h3-13H,14H2,1-2H3,(H,25,27). The van der Waals surface area contributed by atoms with Crippen molar-refractivity contribution >= 4 is 27.3 Å². The van der Waals surface area contributed by atoms with Gasteiger partial charge in [-0.1, -0.05) is 24.3 Å². The molecule has 31 heavy (non-hydrogen) atoms. The lowest BCUT2D eigenvalue weighted by Crippen LogP contribution is -2.38. The number of amides is 1. The molecule has 0 bridgehead atoms. The number of aryl methyl sites for hydroxylation is 1. The molecule has 0 radical (unpaired) electrons. The number of nitrogens with one attached hydrogen (secondary N) is 1. The van der Waals surface area contributed by atoms with Gasteiger partial charge in [-0.25, -0.2) is 17.2 Å². The van der Waals surface area contributed by atoms with Gasteiger partial charge in [-0.15, -0.1) is 0 Å². The largest absolute Gasteiger partial charge is 0.495 e. The van der Waals surface area contributed by atoms with E-state index in [0.717, 1.165) is 22.0 Å². The minimum Gasteiger partial charge on any atom is -0.495 e. The van der Waals surface area contributed by atoms with Gasteiger partial charge in [-0.05, 0) is 48.9 Å². The first-order valence-electron chi connectivity index (χ1n) is 9.19. The molecular formula is C22H20F2N2O4S. The van der Waals surface area contributed by atoms with Crippen LogP contribution in [0.2, 0.25) is 0 Å². The summed E-state index contributed by atoms with van der Waals surface area (Å²) in [6, 6.07) is 15.2. The summed E-state index contributed by atoms with van der Waals surface area (Å²) in [5, 5.41) is 2.29. The fraction of sp³-hybridized carbons (Fsp3) is 0.136. The highest BCUT2D eigenvalue weighted by Gasteiger charge is 2.29. The molecule has 3 rings (SSSR count). The molecule has 0 aliphatic heterocycles. The van der Waals surface area contributed by atoms with Crippen molar-refractivity contribution in [3.63, 3.8) is 0 Å². The second kappa shape index (κ2) is 9.13. The lowest BCUT2D eigenvalue weighted by Gasteiger charge is -2.26. The van der Waals surface area contributed by atoms with Crippen LogP contribution >= 0.6 is 0 Å². The molecule has 0 atom stereocenters. The summed E-state index contributed by atoms with van der Waals surface area (Å²) < 4.78 is 60.0. The first-order valence-corrected chi connectivity index (χ1v) is 10.6. The lowest BCUT2D eigenvalue weighted by molar-refractivity contribution is -0.114. The smallest absolute Gasteiger partial charge is 0.264 e. The van der Waals surface area contributed by atoms with E-state index >= 15 is 0 Å². The molecule has 9 heteroatoms. The maximum Gasteiger partial charge on any atom is 0.264 e. The lowest BCUT2D eigenvalue weighted by atomic mass is 10.2. The van der Waals surface area contributed by atoms with Crippen molar-refractivity contribution in [2.75, 3.05) is 23.3 Å².